The van der Waals surface area contributed by atoms with E-state index in [4.69, 9.17) is 4.74 Å². The molecule has 1 aliphatic heterocycles. The molecule has 0 aromatic heterocycles. The molecule has 2 fully saturated rings. The number of ether oxygens (including phenoxy) is 1. The SMILES string of the molecule is C=C1OCC2(CCC2)C/C1=C(\C)C(N=O)=C(C)C. The van der Waals surface area contributed by atoms with Crippen LogP contribution in [-0.4, -0.2) is 6.61 Å². The number of nitroso groups, excluding NO2 is 1. The minimum Gasteiger partial charge on any atom is -0.493 e. The van der Waals surface area contributed by atoms with Crippen LogP contribution in [0, 0.1) is 10.3 Å². The summed E-state index contributed by atoms with van der Waals surface area (Å²) in [4.78, 5) is 11.0. The van der Waals surface area contributed by atoms with Crippen LogP contribution in [0.3, 0.4) is 0 Å². The molecule has 1 aliphatic carbocycles. The molecule has 2 rings (SSSR count). The van der Waals surface area contributed by atoms with Crippen molar-refractivity contribution >= 4 is 0 Å². The molecular weight excluding hydrogens is 226 g/mol. The van der Waals surface area contributed by atoms with Crippen LogP contribution in [0.2, 0.25) is 0 Å². The maximum Gasteiger partial charge on any atom is 0.115 e. The molecule has 0 atom stereocenters. The van der Waals surface area contributed by atoms with Crippen LogP contribution in [-0.2, 0) is 4.74 Å². The van der Waals surface area contributed by atoms with E-state index in [1.165, 1.54) is 19.3 Å². The molecule has 1 heterocycles. The molecule has 1 spiro atoms. The zero-order chi connectivity index (χ0) is 13.3. The second-order valence-electron chi connectivity index (χ2n) is 5.79. The first-order chi connectivity index (χ1) is 8.49. The average molecular weight is 247 g/mol. The second-order valence-corrected chi connectivity index (χ2v) is 5.79. The van der Waals surface area contributed by atoms with Crippen molar-refractivity contribution in [1.82, 2.24) is 0 Å². The van der Waals surface area contributed by atoms with Crippen molar-refractivity contribution < 1.29 is 4.74 Å². The van der Waals surface area contributed by atoms with Gasteiger partial charge in [-0.1, -0.05) is 13.0 Å². The zero-order valence-corrected chi connectivity index (χ0v) is 11.5. The predicted molar refractivity (Wildman–Crippen MR) is 72.9 cm³/mol. The molecule has 1 saturated heterocycles. The first kappa shape index (κ1) is 13.1. The Balaban J connectivity index is 2.36. The Hall–Kier alpha value is -1.38. The maximum atomic E-state index is 11.0. The van der Waals surface area contributed by atoms with Crippen LogP contribution in [0.25, 0.3) is 0 Å². The van der Waals surface area contributed by atoms with E-state index in [0.29, 0.717) is 16.9 Å². The summed E-state index contributed by atoms with van der Waals surface area (Å²) < 4.78 is 5.73. The summed E-state index contributed by atoms with van der Waals surface area (Å²) in [6, 6.07) is 0. The second kappa shape index (κ2) is 4.71. The monoisotopic (exact) mass is 247 g/mol. The van der Waals surface area contributed by atoms with Gasteiger partial charge in [0.05, 0.1) is 6.61 Å². The molecular formula is C15H21NO2. The predicted octanol–water partition coefficient (Wildman–Crippen LogP) is 4.47. The van der Waals surface area contributed by atoms with Gasteiger partial charge in [-0.05, 0) is 61.9 Å². The molecule has 2 aliphatic rings. The van der Waals surface area contributed by atoms with Crippen LogP contribution >= 0.6 is 0 Å². The minimum absolute atomic E-state index is 0.299. The molecule has 18 heavy (non-hydrogen) atoms. The molecule has 0 bridgehead atoms. The highest BCUT2D eigenvalue weighted by Gasteiger charge is 2.42. The van der Waals surface area contributed by atoms with Crippen LogP contribution in [0.15, 0.2) is 39.9 Å². The average Bonchev–Trinajstić information content (AvgIpc) is 2.28. The normalized spacial score (nSPS) is 24.1. The van der Waals surface area contributed by atoms with Gasteiger partial charge in [0, 0.05) is 5.41 Å². The van der Waals surface area contributed by atoms with Crippen LogP contribution < -0.4 is 0 Å². The summed E-state index contributed by atoms with van der Waals surface area (Å²) in [6.45, 7) is 10.5. The number of hydrogen-bond donors (Lipinski definition) is 0. The highest BCUT2D eigenvalue weighted by Crippen LogP contribution is 2.51. The summed E-state index contributed by atoms with van der Waals surface area (Å²) in [5.41, 5.74) is 3.80. The van der Waals surface area contributed by atoms with Crippen molar-refractivity contribution in [2.45, 2.75) is 46.5 Å². The summed E-state index contributed by atoms with van der Waals surface area (Å²) in [7, 11) is 0. The molecule has 98 valence electrons. The van der Waals surface area contributed by atoms with E-state index >= 15 is 0 Å². The lowest BCUT2D eigenvalue weighted by molar-refractivity contribution is 0.00380. The Labute approximate surface area is 109 Å². The zero-order valence-electron chi connectivity index (χ0n) is 11.5. The highest BCUT2D eigenvalue weighted by molar-refractivity contribution is 5.43. The van der Waals surface area contributed by atoms with Crippen LogP contribution in [0.5, 0.6) is 0 Å². The third kappa shape index (κ3) is 2.14. The van der Waals surface area contributed by atoms with Crippen LogP contribution in [0.1, 0.15) is 46.5 Å². The van der Waals surface area contributed by atoms with Crippen LogP contribution in [0.4, 0.5) is 0 Å². The molecule has 0 radical (unpaired) electrons. The first-order valence-corrected chi connectivity index (χ1v) is 6.52. The Morgan fingerprint density at radius 1 is 1.33 bits per heavy atom. The van der Waals surface area contributed by atoms with Gasteiger partial charge in [0.15, 0.2) is 0 Å². The molecule has 0 N–H and O–H groups in total. The van der Waals surface area contributed by atoms with E-state index in [1.807, 2.05) is 20.8 Å². The van der Waals surface area contributed by atoms with Gasteiger partial charge in [0.2, 0.25) is 0 Å². The van der Waals surface area contributed by atoms with Gasteiger partial charge in [-0.3, -0.25) is 0 Å². The van der Waals surface area contributed by atoms with E-state index in [0.717, 1.165) is 29.7 Å². The van der Waals surface area contributed by atoms with E-state index in [9.17, 15) is 4.91 Å². The fourth-order valence-corrected chi connectivity index (χ4v) is 2.87. The molecule has 0 amide bonds. The van der Waals surface area contributed by atoms with Crippen molar-refractivity contribution in [1.29, 1.82) is 0 Å². The fourth-order valence-electron chi connectivity index (χ4n) is 2.87. The van der Waals surface area contributed by atoms with E-state index in [-0.39, 0.29) is 0 Å². The number of allylic oxidation sites excluding steroid dienone is 3. The Kier molecular flexibility index (Phi) is 3.42. The number of nitrogens with zero attached hydrogens (tertiary/aromatic N) is 1. The quantitative estimate of drug-likeness (QED) is 0.675. The van der Waals surface area contributed by atoms with Gasteiger partial charge in [-0.2, -0.15) is 0 Å². The summed E-state index contributed by atoms with van der Waals surface area (Å²) in [6.07, 6.45) is 4.69. The number of hydrogen-bond acceptors (Lipinski definition) is 3. The first-order valence-electron chi connectivity index (χ1n) is 6.52. The topological polar surface area (TPSA) is 38.7 Å². The third-order valence-electron chi connectivity index (χ3n) is 4.23. The van der Waals surface area contributed by atoms with Crippen molar-refractivity contribution in [3.8, 4) is 0 Å². The lowest BCUT2D eigenvalue weighted by Gasteiger charge is -2.46. The Morgan fingerprint density at radius 3 is 2.44 bits per heavy atom. The molecule has 1 saturated carbocycles. The van der Waals surface area contributed by atoms with Gasteiger partial charge in [0.1, 0.15) is 11.5 Å². The lowest BCUT2D eigenvalue weighted by atomic mass is 9.64. The van der Waals surface area contributed by atoms with E-state index in [1.54, 1.807) is 0 Å². The lowest BCUT2D eigenvalue weighted by Crippen LogP contribution is -2.38. The third-order valence-corrected chi connectivity index (χ3v) is 4.23. The summed E-state index contributed by atoms with van der Waals surface area (Å²) in [5, 5.41) is 3.16. The van der Waals surface area contributed by atoms with E-state index < -0.39 is 0 Å². The summed E-state index contributed by atoms with van der Waals surface area (Å²) in [5.74, 6) is 0.715. The fraction of sp³-hybridized carbons (Fsp3) is 0.600. The molecule has 0 aromatic carbocycles. The van der Waals surface area contributed by atoms with Crippen molar-refractivity contribution in [3.05, 3.63) is 39.7 Å². The molecule has 0 aromatic rings. The van der Waals surface area contributed by atoms with Gasteiger partial charge >= 0.3 is 0 Å². The van der Waals surface area contributed by atoms with Gasteiger partial charge in [-0.15, -0.1) is 4.91 Å². The molecule has 0 unspecified atom stereocenters. The highest BCUT2D eigenvalue weighted by atomic mass is 16.5. The Bertz CT molecular complexity index is 449. The minimum atomic E-state index is 0.299. The Morgan fingerprint density at radius 2 is 2.00 bits per heavy atom. The van der Waals surface area contributed by atoms with Gasteiger partial charge < -0.3 is 4.74 Å². The largest absolute Gasteiger partial charge is 0.493 e. The summed E-state index contributed by atoms with van der Waals surface area (Å²) >= 11 is 0. The standard InChI is InChI=1S/C15H21NO2/c1-10(2)14(16-17)11(3)13-8-15(6-5-7-15)9-18-12(13)4/h4-9H2,1-3H3/b13-11-. The maximum absolute atomic E-state index is 11.0. The van der Waals surface area contributed by atoms with Crippen molar-refractivity contribution in [2.75, 3.05) is 6.61 Å². The van der Waals surface area contributed by atoms with E-state index in [2.05, 4.69) is 11.8 Å². The molecule has 3 heteroatoms. The molecule has 3 nitrogen and oxygen atoms in total. The smallest absolute Gasteiger partial charge is 0.115 e. The van der Waals surface area contributed by atoms with Gasteiger partial charge in [0.25, 0.3) is 0 Å². The van der Waals surface area contributed by atoms with Crippen molar-refractivity contribution in [3.63, 3.8) is 0 Å². The van der Waals surface area contributed by atoms with Gasteiger partial charge in [-0.25, -0.2) is 0 Å². The van der Waals surface area contributed by atoms with Crippen molar-refractivity contribution in [2.24, 2.45) is 10.6 Å². The number of rotatable bonds is 2.